The van der Waals surface area contributed by atoms with Crippen LogP contribution in [-0.4, -0.2) is 42.1 Å². The third-order valence-corrected chi connectivity index (χ3v) is 4.10. The first-order chi connectivity index (χ1) is 8.80. The first kappa shape index (κ1) is 15.6. The molecule has 0 aliphatic heterocycles. The van der Waals surface area contributed by atoms with Crippen molar-refractivity contribution >= 4 is 11.3 Å². The topological polar surface area (TPSA) is 28.2 Å². The highest BCUT2D eigenvalue weighted by molar-refractivity contribution is 7.09. The number of hydrogen-bond acceptors (Lipinski definition) is 4. The Kier molecular flexibility index (Phi) is 8.22. The molecule has 0 saturated heterocycles. The van der Waals surface area contributed by atoms with Crippen molar-refractivity contribution in [1.82, 2.24) is 15.2 Å². The van der Waals surface area contributed by atoms with Gasteiger partial charge in [-0.15, -0.1) is 11.3 Å². The van der Waals surface area contributed by atoms with Crippen LogP contribution in [0.1, 0.15) is 38.5 Å². The lowest BCUT2D eigenvalue weighted by Gasteiger charge is -2.23. The lowest BCUT2D eigenvalue weighted by atomic mass is 10.1. The number of thiazole rings is 1. The molecule has 0 aliphatic carbocycles. The summed E-state index contributed by atoms with van der Waals surface area (Å²) in [5, 5.41) is 3.66. The minimum absolute atomic E-state index is 0.589. The number of hydrogen-bond donors (Lipinski definition) is 1. The molecule has 0 spiro atoms. The summed E-state index contributed by atoms with van der Waals surface area (Å²) >= 11 is 1.77. The molecule has 0 radical (unpaired) electrons. The Bertz CT molecular complexity index is 283. The maximum atomic E-state index is 4.16. The summed E-state index contributed by atoms with van der Waals surface area (Å²) in [6, 6.07) is 0.589. The van der Waals surface area contributed by atoms with Crippen molar-refractivity contribution in [1.29, 1.82) is 0 Å². The normalized spacial score (nSPS) is 13.1. The van der Waals surface area contributed by atoms with Crippen molar-refractivity contribution in [3.63, 3.8) is 0 Å². The summed E-state index contributed by atoms with van der Waals surface area (Å²) in [5.41, 5.74) is 1.93. The maximum Gasteiger partial charge on any atom is 0.0794 e. The van der Waals surface area contributed by atoms with E-state index < -0.39 is 0 Å². The van der Waals surface area contributed by atoms with Crippen molar-refractivity contribution in [3.8, 4) is 0 Å². The smallest absolute Gasteiger partial charge is 0.0794 e. The molecular weight excluding hydrogens is 242 g/mol. The number of nitrogens with one attached hydrogen (secondary N) is 1. The zero-order valence-corrected chi connectivity index (χ0v) is 12.8. The molecule has 1 unspecified atom stereocenters. The third-order valence-electron chi connectivity index (χ3n) is 3.30. The lowest BCUT2D eigenvalue weighted by Crippen LogP contribution is -2.36. The van der Waals surface area contributed by atoms with Crippen LogP contribution in [0.2, 0.25) is 0 Å². The van der Waals surface area contributed by atoms with Crippen molar-refractivity contribution < 1.29 is 0 Å². The van der Waals surface area contributed by atoms with E-state index in [0.717, 1.165) is 26.1 Å². The molecule has 0 fully saturated rings. The van der Waals surface area contributed by atoms with Gasteiger partial charge >= 0.3 is 0 Å². The number of nitrogens with zero attached hydrogens (tertiary/aromatic N) is 2. The van der Waals surface area contributed by atoms with E-state index >= 15 is 0 Å². The van der Waals surface area contributed by atoms with E-state index in [0.29, 0.717) is 6.04 Å². The van der Waals surface area contributed by atoms with Crippen LogP contribution in [0.15, 0.2) is 11.7 Å². The molecular formula is C14H27N3S. The fourth-order valence-electron chi connectivity index (χ4n) is 2.09. The predicted octanol–water partition coefficient (Wildman–Crippen LogP) is 2.79. The zero-order valence-electron chi connectivity index (χ0n) is 12.0. The third kappa shape index (κ3) is 5.94. The summed E-state index contributed by atoms with van der Waals surface area (Å²) in [4.78, 5) is 8.05. The highest BCUT2D eigenvalue weighted by Gasteiger charge is 2.11. The van der Waals surface area contributed by atoms with Gasteiger partial charge in [0, 0.05) is 17.1 Å². The first-order valence-corrected chi connectivity index (χ1v) is 8.01. The van der Waals surface area contributed by atoms with Crippen molar-refractivity contribution in [2.75, 3.05) is 26.2 Å². The first-order valence-electron chi connectivity index (χ1n) is 7.13. The Hall–Kier alpha value is -0.450. The van der Waals surface area contributed by atoms with E-state index in [-0.39, 0.29) is 0 Å². The maximum absolute atomic E-state index is 4.16. The minimum atomic E-state index is 0.589. The summed E-state index contributed by atoms with van der Waals surface area (Å²) < 4.78 is 0. The largest absolute Gasteiger partial charge is 0.314 e. The molecule has 104 valence electrons. The molecule has 0 bridgehead atoms. The minimum Gasteiger partial charge on any atom is -0.314 e. The van der Waals surface area contributed by atoms with Crippen LogP contribution in [0.3, 0.4) is 0 Å². The van der Waals surface area contributed by atoms with Gasteiger partial charge in [0.2, 0.25) is 0 Å². The van der Waals surface area contributed by atoms with E-state index in [1.165, 1.54) is 24.3 Å². The van der Waals surface area contributed by atoms with Crippen LogP contribution in [0.5, 0.6) is 0 Å². The van der Waals surface area contributed by atoms with Gasteiger partial charge in [-0.05, 0) is 45.4 Å². The Morgan fingerprint density at radius 3 is 2.67 bits per heavy atom. The second-order valence-corrected chi connectivity index (χ2v) is 5.61. The van der Waals surface area contributed by atoms with E-state index in [1.54, 1.807) is 11.3 Å². The Balaban J connectivity index is 2.39. The van der Waals surface area contributed by atoms with Gasteiger partial charge in [-0.2, -0.15) is 0 Å². The fraction of sp³-hybridized carbons (Fsp3) is 0.786. The Labute approximate surface area is 116 Å². The summed E-state index contributed by atoms with van der Waals surface area (Å²) in [6.45, 7) is 11.3. The van der Waals surface area contributed by atoms with Gasteiger partial charge in [0.1, 0.15) is 0 Å². The highest BCUT2D eigenvalue weighted by Crippen LogP contribution is 2.11. The molecule has 0 amide bonds. The standard InChI is InChI=1S/C14H27N3S/c1-4-8-16-13(7-9-17(5-2)6-3)10-14-11-15-12-18-14/h11-13,16H,4-10H2,1-3H3. The van der Waals surface area contributed by atoms with E-state index in [2.05, 4.69) is 36.0 Å². The van der Waals surface area contributed by atoms with Gasteiger partial charge in [0.05, 0.1) is 5.51 Å². The van der Waals surface area contributed by atoms with E-state index in [4.69, 9.17) is 0 Å². The van der Waals surface area contributed by atoms with Crippen molar-refractivity contribution in [3.05, 3.63) is 16.6 Å². The van der Waals surface area contributed by atoms with Crippen molar-refractivity contribution in [2.24, 2.45) is 0 Å². The van der Waals surface area contributed by atoms with Crippen LogP contribution in [0.4, 0.5) is 0 Å². The molecule has 0 aliphatic rings. The summed E-state index contributed by atoms with van der Waals surface area (Å²) in [6.07, 6.45) is 5.54. The fourth-order valence-corrected chi connectivity index (χ4v) is 2.77. The Morgan fingerprint density at radius 2 is 2.11 bits per heavy atom. The van der Waals surface area contributed by atoms with Gasteiger partial charge in [-0.3, -0.25) is 4.98 Å². The van der Waals surface area contributed by atoms with E-state index in [1.807, 2.05) is 11.7 Å². The molecule has 1 N–H and O–H groups in total. The molecule has 0 saturated carbocycles. The number of rotatable bonds is 10. The molecule has 1 heterocycles. The van der Waals surface area contributed by atoms with Gasteiger partial charge in [0.25, 0.3) is 0 Å². The average Bonchev–Trinajstić information content (AvgIpc) is 2.89. The van der Waals surface area contributed by atoms with Crippen LogP contribution in [0.25, 0.3) is 0 Å². The molecule has 1 aromatic heterocycles. The van der Waals surface area contributed by atoms with Gasteiger partial charge in [-0.1, -0.05) is 20.8 Å². The van der Waals surface area contributed by atoms with E-state index in [9.17, 15) is 0 Å². The number of aromatic nitrogens is 1. The summed E-state index contributed by atoms with van der Waals surface area (Å²) in [5.74, 6) is 0. The molecule has 4 heteroatoms. The van der Waals surface area contributed by atoms with Crippen LogP contribution >= 0.6 is 11.3 Å². The monoisotopic (exact) mass is 269 g/mol. The summed E-state index contributed by atoms with van der Waals surface area (Å²) in [7, 11) is 0. The van der Waals surface area contributed by atoms with Crippen molar-refractivity contribution in [2.45, 2.75) is 46.1 Å². The van der Waals surface area contributed by atoms with Crippen LogP contribution in [-0.2, 0) is 6.42 Å². The molecule has 1 aromatic rings. The zero-order chi connectivity index (χ0) is 13.2. The quantitative estimate of drug-likeness (QED) is 0.708. The predicted molar refractivity (Wildman–Crippen MR) is 80.3 cm³/mol. The molecule has 3 nitrogen and oxygen atoms in total. The second-order valence-electron chi connectivity index (χ2n) is 4.64. The average molecular weight is 269 g/mol. The van der Waals surface area contributed by atoms with Gasteiger partial charge in [-0.25, -0.2) is 0 Å². The SMILES string of the molecule is CCCNC(CCN(CC)CC)Cc1cncs1. The molecule has 0 aromatic carbocycles. The van der Waals surface area contributed by atoms with Gasteiger partial charge in [0.15, 0.2) is 0 Å². The van der Waals surface area contributed by atoms with Crippen LogP contribution < -0.4 is 5.32 Å². The van der Waals surface area contributed by atoms with Crippen LogP contribution in [0, 0.1) is 0 Å². The molecule has 18 heavy (non-hydrogen) atoms. The highest BCUT2D eigenvalue weighted by atomic mass is 32.1. The molecule has 1 rings (SSSR count). The lowest BCUT2D eigenvalue weighted by molar-refractivity contribution is 0.280. The molecule has 1 atom stereocenters. The van der Waals surface area contributed by atoms with Gasteiger partial charge < -0.3 is 10.2 Å². The Morgan fingerprint density at radius 1 is 1.33 bits per heavy atom. The second kappa shape index (κ2) is 9.48.